The first-order valence-corrected chi connectivity index (χ1v) is 11.2. The molecule has 0 heterocycles. The van der Waals surface area contributed by atoms with Crippen LogP contribution in [0.1, 0.15) is 10.4 Å². The van der Waals surface area contributed by atoms with Crippen LogP contribution in [-0.4, -0.2) is 38.9 Å². The minimum atomic E-state index is -0.348. The van der Waals surface area contributed by atoms with Crippen LogP contribution in [0.5, 0.6) is 17.2 Å². The van der Waals surface area contributed by atoms with Gasteiger partial charge >= 0.3 is 0 Å². The van der Waals surface area contributed by atoms with E-state index in [1.54, 1.807) is 48.5 Å². The number of benzene rings is 3. The van der Waals surface area contributed by atoms with Crippen LogP contribution in [-0.2, 0) is 4.79 Å². The Kier molecular flexibility index (Phi) is 8.46. The Bertz CT molecular complexity index is 1120. The number of rotatable bonds is 9. The lowest BCUT2D eigenvalue weighted by molar-refractivity contribution is -0.113. The van der Waals surface area contributed by atoms with Crippen molar-refractivity contribution in [3.05, 3.63) is 71.2 Å². The van der Waals surface area contributed by atoms with Crippen molar-refractivity contribution in [2.45, 2.75) is 4.90 Å². The number of methoxy groups -OCH3 is 3. The highest BCUT2D eigenvalue weighted by Crippen LogP contribution is 2.30. The molecule has 3 rings (SSSR count). The summed E-state index contributed by atoms with van der Waals surface area (Å²) >= 11 is 7.36. The van der Waals surface area contributed by atoms with Crippen molar-refractivity contribution < 1.29 is 23.8 Å². The molecule has 3 aromatic carbocycles. The van der Waals surface area contributed by atoms with Gasteiger partial charge in [0.15, 0.2) is 0 Å². The normalized spacial score (nSPS) is 10.3. The van der Waals surface area contributed by atoms with Gasteiger partial charge in [0.1, 0.15) is 22.8 Å². The minimum Gasteiger partial charge on any atom is -0.496 e. The van der Waals surface area contributed by atoms with Gasteiger partial charge in [-0.05, 0) is 54.6 Å². The van der Waals surface area contributed by atoms with Gasteiger partial charge in [-0.25, -0.2) is 0 Å². The van der Waals surface area contributed by atoms with E-state index in [9.17, 15) is 9.59 Å². The highest BCUT2D eigenvalue weighted by Gasteiger charge is 2.18. The van der Waals surface area contributed by atoms with E-state index in [0.29, 0.717) is 39.2 Å². The average molecular weight is 487 g/mol. The zero-order chi connectivity index (χ0) is 23.8. The van der Waals surface area contributed by atoms with Gasteiger partial charge in [0, 0.05) is 15.6 Å². The minimum absolute atomic E-state index is 0.193. The molecule has 172 valence electrons. The Labute approximate surface area is 201 Å². The van der Waals surface area contributed by atoms with Gasteiger partial charge in [0.25, 0.3) is 5.91 Å². The summed E-state index contributed by atoms with van der Waals surface area (Å²) in [6, 6.07) is 17.3. The van der Waals surface area contributed by atoms with Crippen molar-refractivity contribution in [3.8, 4) is 17.2 Å². The standard InChI is InChI=1S/C24H23ClN2O5S/c1-30-19-12-7-15(25)13-18(19)27-22(28)14-33-17-10-8-16(9-11-17)26-24(29)23-20(31-2)5-4-6-21(23)32-3/h4-13H,14H2,1-3H3,(H,26,29)(H,27,28). The van der Waals surface area contributed by atoms with E-state index in [1.807, 2.05) is 12.1 Å². The largest absolute Gasteiger partial charge is 0.496 e. The van der Waals surface area contributed by atoms with Gasteiger partial charge in [-0.1, -0.05) is 17.7 Å². The molecule has 2 N–H and O–H groups in total. The van der Waals surface area contributed by atoms with Gasteiger partial charge in [-0.15, -0.1) is 11.8 Å². The Morgan fingerprint density at radius 2 is 1.48 bits per heavy atom. The lowest BCUT2D eigenvalue weighted by Crippen LogP contribution is -2.15. The Hall–Kier alpha value is -3.36. The second-order valence-corrected chi connectivity index (χ2v) is 8.18. The molecule has 33 heavy (non-hydrogen) atoms. The maximum absolute atomic E-state index is 12.8. The van der Waals surface area contributed by atoms with Crippen molar-refractivity contribution in [3.63, 3.8) is 0 Å². The maximum Gasteiger partial charge on any atom is 0.263 e. The first-order valence-electron chi connectivity index (χ1n) is 9.83. The molecule has 0 aliphatic rings. The number of thioether (sulfide) groups is 1. The quantitative estimate of drug-likeness (QED) is 0.396. The predicted molar refractivity (Wildman–Crippen MR) is 131 cm³/mol. The molecule has 0 bridgehead atoms. The molecule has 0 saturated carbocycles. The van der Waals surface area contributed by atoms with Gasteiger partial charge in [-0.2, -0.15) is 0 Å². The molecule has 0 atom stereocenters. The third kappa shape index (κ3) is 6.34. The number of hydrogen-bond acceptors (Lipinski definition) is 6. The Balaban J connectivity index is 1.59. The zero-order valence-corrected chi connectivity index (χ0v) is 19.9. The first-order chi connectivity index (χ1) is 15.9. The molecule has 0 saturated heterocycles. The smallest absolute Gasteiger partial charge is 0.263 e. The molecule has 0 aliphatic heterocycles. The van der Waals surface area contributed by atoms with Crippen LogP contribution in [0.2, 0.25) is 5.02 Å². The lowest BCUT2D eigenvalue weighted by Gasteiger charge is -2.13. The van der Waals surface area contributed by atoms with E-state index in [-0.39, 0.29) is 17.6 Å². The van der Waals surface area contributed by atoms with E-state index in [4.69, 9.17) is 25.8 Å². The summed E-state index contributed by atoms with van der Waals surface area (Å²) in [7, 11) is 4.52. The van der Waals surface area contributed by atoms with Crippen molar-refractivity contribution in [2.75, 3.05) is 37.7 Å². The average Bonchev–Trinajstić information content (AvgIpc) is 2.83. The summed E-state index contributed by atoms with van der Waals surface area (Å²) in [5.41, 5.74) is 1.43. The Morgan fingerprint density at radius 3 is 2.09 bits per heavy atom. The SMILES string of the molecule is COc1ccc(Cl)cc1NC(=O)CSc1ccc(NC(=O)c2c(OC)cccc2OC)cc1. The molecule has 0 aromatic heterocycles. The fraction of sp³-hybridized carbons (Fsp3) is 0.167. The number of nitrogens with one attached hydrogen (secondary N) is 2. The highest BCUT2D eigenvalue weighted by molar-refractivity contribution is 8.00. The van der Waals surface area contributed by atoms with Crippen LogP contribution in [0.15, 0.2) is 65.6 Å². The van der Waals surface area contributed by atoms with Gasteiger partial charge in [-0.3, -0.25) is 9.59 Å². The van der Waals surface area contributed by atoms with E-state index in [1.165, 1.54) is 33.1 Å². The molecular weight excluding hydrogens is 464 g/mol. The molecule has 3 aromatic rings. The topological polar surface area (TPSA) is 85.9 Å². The van der Waals surface area contributed by atoms with E-state index < -0.39 is 0 Å². The predicted octanol–water partition coefficient (Wildman–Crippen LogP) is 5.35. The number of hydrogen-bond donors (Lipinski definition) is 2. The molecule has 0 fully saturated rings. The van der Waals surface area contributed by atoms with Gasteiger partial charge < -0.3 is 24.8 Å². The first kappa shape index (κ1) is 24.3. The summed E-state index contributed by atoms with van der Waals surface area (Å²) in [4.78, 5) is 26.0. The van der Waals surface area contributed by atoms with E-state index >= 15 is 0 Å². The molecule has 0 radical (unpaired) electrons. The van der Waals surface area contributed by atoms with Crippen LogP contribution >= 0.6 is 23.4 Å². The van der Waals surface area contributed by atoms with Crippen molar-refractivity contribution in [1.82, 2.24) is 0 Å². The third-order valence-electron chi connectivity index (χ3n) is 4.57. The van der Waals surface area contributed by atoms with Crippen LogP contribution in [0.25, 0.3) is 0 Å². The number of carbonyl (C=O) groups is 2. The summed E-state index contributed by atoms with van der Waals surface area (Å²) in [6.07, 6.45) is 0. The molecule has 9 heteroatoms. The van der Waals surface area contributed by atoms with Crippen LogP contribution in [0.3, 0.4) is 0 Å². The van der Waals surface area contributed by atoms with Gasteiger partial charge in [0.05, 0.1) is 32.8 Å². The third-order valence-corrected chi connectivity index (χ3v) is 5.82. The fourth-order valence-corrected chi connectivity index (χ4v) is 3.89. The second-order valence-electron chi connectivity index (χ2n) is 6.70. The second kappa shape index (κ2) is 11.5. The van der Waals surface area contributed by atoms with Gasteiger partial charge in [0.2, 0.25) is 5.91 Å². The molecule has 0 unspecified atom stereocenters. The molecule has 0 aliphatic carbocycles. The van der Waals surface area contributed by atoms with E-state index in [0.717, 1.165) is 4.90 Å². The molecule has 0 spiro atoms. The summed E-state index contributed by atoms with van der Waals surface area (Å²) in [6.45, 7) is 0. The maximum atomic E-state index is 12.8. The number of anilines is 2. The summed E-state index contributed by atoms with van der Waals surface area (Å²) in [5.74, 6) is 1.02. The van der Waals surface area contributed by atoms with Crippen molar-refractivity contribution in [2.24, 2.45) is 0 Å². The fourth-order valence-electron chi connectivity index (χ4n) is 3.02. The number of ether oxygens (including phenoxy) is 3. The van der Waals surface area contributed by atoms with E-state index in [2.05, 4.69) is 10.6 Å². The van der Waals surface area contributed by atoms with Crippen LogP contribution < -0.4 is 24.8 Å². The number of carbonyl (C=O) groups excluding carboxylic acids is 2. The Morgan fingerprint density at radius 1 is 0.848 bits per heavy atom. The van der Waals surface area contributed by atoms with Crippen LogP contribution in [0, 0.1) is 0 Å². The summed E-state index contributed by atoms with van der Waals surface area (Å²) in [5, 5.41) is 6.14. The zero-order valence-electron chi connectivity index (χ0n) is 18.3. The lowest BCUT2D eigenvalue weighted by atomic mass is 10.1. The summed E-state index contributed by atoms with van der Waals surface area (Å²) < 4.78 is 15.8. The molecule has 7 nitrogen and oxygen atoms in total. The number of amides is 2. The van der Waals surface area contributed by atoms with Crippen LogP contribution in [0.4, 0.5) is 11.4 Å². The van der Waals surface area contributed by atoms with Crippen molar-refractivity contribution >= 4 is 46.6 Å². The highest BCUT2D eigenvalue weighted by atomic mass is 35.5. The molecular formula is C24H23ClN2O5S. The molecule has 2 amide bonds. The number of halogens is 1. The van der Waals surface area contributed by atoms with Crippen molar-refractivity contribution in [1.29, 1.82) is 0 Å². The monoisotopic (exact) mass is 486 g/mol.